The average molecular weight is 419 g/mol. The zero-order valence-corrected chi connectivity index (χ0v) is 17.5. The highest BCUT2D eigenvalue weighted by molar-refractivity contribution is 7.89. The number of hydrogen-bond acceptors (Lipinski definition) is 5. The van der Waals surface area contributed by atoms with Crippen molar-refractivity contribution in [2.45, 2.75) is 38.1 Å². The lowest BCUT2D eigenvalue weighted by atomic mass is 10.2. The predicted octanol–water partition coefficient (Wildman–Crippen LogP) is 3.09. The summed E-state index contributed by atoms with van der Waals surface area (Å²) in [5.74, 6) is 1.29. The van der Waals surface area contributed by atoms with Gasteiger partial charge in [-0.2, -0.15) is 0 Å². The van der Waals surface area contributed by atoms with Gasteiger partial charge < -0.3 is 14.4 Å². The van der Waals surface area contributed by atoms with Gasteiger partial charge in [-0.1, -0.05) is 6.07 Å². The molecule has 1 saturated heterocycles. The molecular weight excluding hydrogens is 392 g/mol. The maximum absolute atomic E-state index is 12.6. The van der Waals surface area contributed by atoms with Crippen molar-refractivity contribution in [1.82, 2.24) is 4.72 Å². The number of carbonyl (C=O) groups excluding carboxylic acids is 1. The van der Waals surface area contributed by atoms with Gasteiger partial charge in [-0.25, -0.2) is 13.1 Å². The summed E-state index contributed by atoms with van der Waals surface area (Å²) in [6.07, 6.45) is 1.36. The number of carbonyl (C=O) groups is 1. The number of benzene rings is 2. The Labute approximate surface area is 171 Å². The minimum Gasteiger partial charge on any atom is -0.490 e. The first-order valence-corrected chi connectivity index (χ1v) is 11.2. The molecular formula is C21H26N2O5S. The van der Waals surface area contributed by atoms with E-state index < -0.39 is 10.0 Å². The summed E-state index contributed by atoms with van der Waals surface area (Å²) in [6, 6.07) is 11.7. The molecule has 8 heteroatoms. The summed E-state index contributed by atoms with van der Waals surface area (Å²) >= 11 is 0. The van der Waals surface area contributed by atoms with E-state index in [1.807, 2.05) is 13.8 Å². The van der Waals surface area contributed by atoms with Crippen LogP contribution in [0.3, 0.4) is 0 Å². The summed E-state index contributed by atoms with van der Waals surface area (Å²) in [6.45, 7) is 5.57. The Morgan fingerprint density at radius 3 is 2.31 bits per heavy atom. The van der Waals surface area contributed by atoms with Crippen molar-refractivity contribution in [3.63, 3.8) is 0 Å². The van der Waals surface area contributed by atoms with Crippen LogP contribution in [-0.4, -0.2) is 34.1 Å². The first-order chi connectivity index (χ1) is 13.9. The first kappa shape index (κ1) is 21.1. The van der Waals surface area contributed by atoms with Crippen LogP contribution < -0.4 is 19.1 Å². The summed E-state index contributed by atoms with van der Waals surface area (Å²) < 4.78 is 39.0. The van der Waals surface area contributed by atoms with Gasteiger partial charge in [-0.3, -0.25) is 4.79 Å². The van der Waals surface area contributed by atoms with E-state index in [0.29, 0.717) is 37.7 Å². The van der Waals surface area contributed by atoms with Gasteiger partial charge in [-0.05, 0) is 62.2 Å². The lowest BCUT2D eigenvalue weighted by Crippen LogP contribution is -2.25. The molecule has 3 rings (SSSR count). The number of hydrogen-bond donors (Lipinski definition) is 1. The summed E-state index contributed by atoms with van der Waals surface area (Å²) in [5.41, 5.74) is 1.49. The second-order valence-electron chi connectivity index (χ2n) is 6.61. The van der Waals surface area contributed by atoms with Gasteiger partial charge in [0.05, 0.1) is 18.1 Å². The van der Waals surface area contributed by atoms with Crippen LogP contribution in [0, 0.1) is 0 Å². The second-order valence-corrected chi connectivity index (χ2v) is 8.38. The zero-order valence-electron chi connectivity index (χ0n) is 16.7. The molecule has 0 spiro atoms. The number of nitrogens with one attached hydrogen (secondary N) is 1. The lowest BCUT2D eigenvalue weighted by molar-refractivity contribution is -0.117. The number of anilines is 1. The molecule has 1 heterocycles. The Balaban J connectivity index is 1.69. The number of amides is 1. The van der Waals surface area contributed by atoms with Gasteiger partial charge in [0.25, 0.3) is 0 Å². The van der Waals surface area contributed by atoms with Crippen molar-refractivity contribution in [2.24, 2.45) is 0 Å². The fourth-order valence-electron chi connectivity index (χ4n) is 3.19. The average Bonchev–Trinajstić information content (AvgIpc) is 3.14. The monoisotopic (exact) mass is 418 g/mol. The van der Waals surface area contributed by atoms with Crippen molar-refractivity contribution < 1.29 is 22.7 Å². The third-order valence-corrected chi connectivity index (χ3v) is 6.02. The molecule has 1 aliphatic rings. The molecule has 2 aromatic carbocycles. The van der Waals surface area contributed by atoms with Crippen LogP contribution in [0.1, 0.15) is 32.3 Å². The molecule has 0 radical (unpaired) electrons. The molecule has 1 fully saturated rings. The highest BCUT2D eigenvalue weighted by atomic mass is 32.2. The second kappa shape index (κ2) is 9.28. The van der Waals surface area contributed by atoms with Gasteiger partial charge in [0.1, 0.15) is 0 Å². The third kappa shape index (κ3) is 5.07. The van der Waals surface area contributed by atoms with Gasteiger partial charge in [-0.15, -0.1) is 0 Å². The maximum Gasteiger partial charge on any atom is 0.240 e. The Morgan fingerprint density at radius 1 is 1.00 bits per heavy atom. The highest BCUT2D eigenvalue weighted by Gasteiger charge is 2.22. The fourth-order valence-corrected chi connectivity index (χ4v) is 4.21. The number of nitrogens with zero attached hydrogens (tertiary/aromatic N) is 1. The molecule has 2 aromatic rings. The molecule has 0 bridgehead atoms. The molecule has 0 aliphatic carbocycles. The Kier molecular flexibility index (Phi) is 6.76. The van der Waals surface area contributed by atoms with Gasteiger partial charge in [0.2, 0.25) is 15.9 Å². The Morgan fingerprint density at radius 2 is 1.69 bits per heavy atom. The van der Waals surface area contributed by atoms with Crippen molar-refractivity contribution in [3.05, 3.63) is 48.0 Å². The van der Waals surface area contributed by atoms with E-state index in [-0.39, 0.29) is 17.3 Å². The van der Waals surface area contributed by atoms with Crippen molar-refractivity contribution in [1.29, 1.82) is 0 Å². The normalized spacial score (nSPS) is 14.3. The summed E-state index contributed by atoms with van der Waals surface area (Å²) in [5, 5.41) is 0. The van der Waals surface area contributed by atoms with Crippen LogP contribution in [0.25, 0.3) is 0 Å². The molecule has 1 N–H and O–H groups in total. The Bertz CT molecular complexity index is 958. The minimum atomic E-state index is -3.68. The van der Waals surface area contributed by atoms with E-state index in [2.05, 4.69) is 4.72 Å². The van der Waals surface area contributed by atoms with Crippen molar-refractivity contribution >= 4 is 21.6 Å². The van der Waals surface area contributed by atoms with Gasteiger partial charge in [0, 0.05) is 25.2 Å². The van der Waals surface area contributed by atoms with E-state index in [1.54, 1.807) is 35.2 Å². The molecule has 29 heavy (non-hydrogen) atoms. The molecule has 0 saturated carbocycles. The van der Waals surface area contributed by atoms with Crippen LogP contribution in [0.5, 0.6) is 11.5 Å². The highest BCUT2D eigenvalue weighted by Crippen LogP contribution is 2.29. The SMILES string of the molecule is CCOc1ccc(CNS(=O)(=O)c2ccc(N3CCCC3=O)cc2)cc1OCC. The van der Waals surface area contributed by atoms with E-state index in [4.69, 9.17) is 9.47 Å². The predicted molar refractivity (Wildman–Crippen MR) is 111 cm³/mol. The van der Waals surface area contributed by atoms with Gasteiger partial charge >= 0.3 is 0 Å². The Hall–Kier alpha value is -2.58. The largest absolute Gasteiger partial charge is 0.490 e. The molecule has 1 amide bonds. The standard InChI is InChI=1S/C21H26N2O5S/c1-3-27-19-12-7-16(14-20(19)28-4-2)15-22-29(25,26)18-10-8-17(9-11-18)23-13-5-6-21(23)24/h7-12,14,22H,3-6,13,15H2,1-2H3. The maximum atomic E-state index is 12.6. The number of sulfonamides is 1. The molecule has 0 unspecified atom stereocenters. The molecule has 0 atom stereocenters. The molecule has 7 nitrogen and oxygen atoms in total. The first-order valence-electron chi connectivity index (χ1n) is 9.73. The number of rotatable bonds is 9. The van der Waals surface area contributed by atoms with E-state index >= 15 is 0 Å². The van der Waals surface area contributed by atoms with Crippen molar-refractivity contribution in [2.75, 3.05) is 24.7 Å². The molecule has 1 aliphatic heterocycles. The van der Waals surface area contributed by atoms with Crippen LogP contribution in [0.2, 0.25) is 0 Å². The minimum absolute atomic E-state index is 0.0688. The van der Waals surface area contributed by atoms with E-state index in [0.717, 1.165) is 17.7 Å². The molecule has 0 aromatic heterocycles. The van der Waals surface area contributed by atoms with Crippen molar-refractivity contribution in [3.8, 4) is 11.5 Å². The lowest BCUT2D eigenvalue weighted by Gasteiger charge is -2.16. The van der Waals surface area contributed by atoms with Crippen LogP contribution in [0.4, 0.5) is 5.69 Å². The van der Waals surface area contributed by atoms with Crippen LogP contribution >= 0.6 is 0 Å². The third-order valence-electron chi connectivity index (χ3n) is 4.61. The van der Waals surface area contributed by atoms with E-state index in [1.165, 1.54) is 12.1 Å². The fraction of sp³-hybridized carbons (Fsp3) is 0.381. The van der Waals surface area contributed by atoms with Crippen LogP contribution in [0.15, 0.2) is 47.4 Å². The summed E-state index contributed by atoms with van der Waals surface area (Å²) in [4.78, 5) is 13.7. The topological polar surface area (TPSA) is 84.9 Å². The number of ether oxygens (including phenoxy) is 2. The smallest absolute Gasteiger partial charge is 0.240 e. The summed E-state index contributed by atoms with van der Waals surface area (Å²) in [7, 11) is -3.68. The van der Waals surface area contributed by atoms with E-state index in [9.17, 15) is 13.2 Å². The van der Waals surface area contributed by atoms with Crippen LogP contribution in [-0.2, 0) is 21.4 Å². The quantitative estimate of drug-likeness (QED) is 0.676. The zero-order chi connectivity index (χ0) is 20.9. The van der Waals surface area contributed by atoms with Gasteiger partial charge in [0.15, 0.2) is 11.5 Å². The molecule has 156 valence electrons.